The summed E-state index contributed by atoms with van der Waals surface area (Å²) in [5.74, 6) is 0.0854. The molecule has 30 heavy (non-hydrogen) atoms. The van der Waals surface area contributed by atoms with E-state index in [-0.39, 0.29) is 22.9 Å². The Bertz CT molecular complexity index is 1060. The fourth-order valence-electron chi connectivity index (χ4n) is 4.01. The van der Waals surface area contributed by atoms with Gasteiger partial charge in [-0.1, -0.05) is 27.7 Å². The molecule has 166 valence electrons. The molecule has 2 heterocycles. The van der Waals surface area contributed by atoms with E-state index in [9.17, 15) is 18.0 Å². The van der Waals surface area contributed by atoms with Gasteiger partial charge in [0.05, 0.1) is 10.4 Å². The van der Waals surface area contributed by atoms with Gasteiger partial charge in [0.2, 0.25) is 15.9 Å². The zero-order chi connectivity index (χ0) is 22.1. The fourth-order valence-corrected chi connectivity index (χ4v) is 5.70. The molecule has 1 aromatic heterocycles. The van der Waals surface area contributed by atoms with Crippen LogP contribution in [0.5, 0.6) is 0 Å². The van der Waals surface area contributed by atoms with Crippen molar-refractivity contribution in [1.82, 2.24) is 14.2 Å². The number of oxazole rings is 1. The third-order valence-electron chi connectivity index (χ3n) is 5.46. The van der Waals surface area contributed by atoms with Gasteiger partial charge in [0.25, 0.3) is 0 Å². The molecule has 2 atom stereocenters. The Morgan fingerprint density at radius 3 is 2.53 bits per heavy atom. The number of carbonyl (C=O) groups is 1. The zero-order valence-corrected chi connectivity index (χ0v) is 18.9. The van der Waals surface area contributed by atoms with Crippen LogP contribution in [0.4, 0.5) is 0 Å². The van der Waals surface area contributed by atoms with Crippen LogP contribution in [0.15, 0.2) is 32.3 Å². The van der Waals surface area contributed by atoms with E-state index < -0.39 is 15.8 Å². The third-order valence-corrected chi connectivity index (χ3v) is 7.29. The monoisotopic (exact) mass is 437 g/mol. The molecule has 0 unspecified atom stereocenters. The van der Waals surface area contributed by atoms with Crippen LogP contribution in [0.25, 0.3) is 11.1 Å². The van der Waals surface area contributed by atoms with Crippen LogP contribution >= 0.6 is 0 Å². The molecule has 1 aliphatic heterocycles. The lowest BCUT2D eigenvalue weighted by atomic mass is 9.94. The number of rotatable bonds is 7. The van der Waals surface area contributed by atoms with Crippen molar-refractivity contribution >= 4 is 27.0 Å². The molecule has 8 nitrogen and oxygen atoms in total. The number of hydrogen-bond donors (Lipinski definition) is 1. The van der Waals surface area contributed by atoms with Gasteiger partial charge in [0, 0.05) is 25.7 Å². The number of amides is 1. The molecule has 0 radical (unpaired) electrons. The summed E-state index contributed by atoms with van der Waals surface area (Å²) in [4.78, 5) is 24.5. The summed E-state index contributed by atoms with van der Waals surface area (Å²) in [5.41, 5.74) is 0.563. The van der Waals surface area contributed by atoms with Crippen LogP contribution in [0.2, 0.25) is 0 Å². The highest BCUT2D eigenvalue weighted by molar-refractivity contribution is 7.89. The van der Waals surface area contributed by atoms with Crippen molar-refractivity contribution in [3.05, 3.63) is 28.7 Å². The van der Waals surface area contributed by atoms with Crippen molar-refractivity contribution in [2.75, 3.05) is 19.6 Å². The standard InChI is InChI=1S/C21H31N3O5S/c1-14(2)7-8-22-20(25)13-24-18-6-5-17(10-19(18)29-21(24)26)30(27,28)23-11-15(3)9-16(4)12-23/h5-6,10,14-16H,7-9,11-13H2,1-4H3,(H,22,25)/t15-,16+. The lowest BCUT2D eigenvalue weighted by molar-refractivity contribution is -0.121. The number of carbonyl (C=O) groups excluding carboxylic acids is 1. The number of nitrogens with one attached hydrogen (secondary N) is 1. The van der Waals surface area contributed by atoms with Gasteiger partial charge in [-0.05, 0) is 42.7 Å². The summed E-state index contributed by atoms with van der Waals surface area (Å²) in [6.07, 6.45) is 1.85. The Labute approximate surface area is 177 Å². The number of aromatic nitrogens is 1. The number of nitrogens with zero attached hydrogens (tertiary/aromatic N) is 2. The molecular formula is C21H31N3O5S. The van der Waals surface area contributed by atoms with Crippen molar-refractivity contribution in [2.45, 2.75) is 52.0 Å². The van der Waals surface area contributed by atoms with Crippen LogP contribution in [0.3, 0.4) is 0 Å². The molecule has 1 aromatic carbocycles. The van der Waals surface area contributed by atoms with Gasteiger partial charge in [0.1, 0.15) is 6.54 Å². The number of benzene rings is 1. The highest BCUT2D eigenvalue weighted by Gasteiger charge is 2.32. The maximum Gasteiger partial charge on any atom is 0.420 e. The third kappa shape index (κ3) is 4.95. The van der Waals surface area contributed by atoms with E-state index in [4.69, 9.17) is 4.42 Å². The second-order valence-electron chi connectivity index (χ2n) is 8.88. The number of hydrogen-bond acceptors (Lipinski definition) is 5. The minimum absolute atomic E-state index is 0.0959. The predicted octanol–water partition coefficient (Wildman–Crippen LogP) is 2.42. The lowest BCUT2D eigenvalue weighted by Crippen LogP contribution is -2.42. The van der Waals surface area contributed by atoms with Crippen LogP contribution in [0.1, 0.15) is 40.5 Å². The van der Waals surface area contributed by atoms with Crippen LogP contribution < -0.4 is 11.1 Å². The fraction of sp³-hybridized carbons (Fsp3) is 0.619. The Kier molecular flexibility index (Phi) is 6.71. The Hall–Kier alpha value is -2.13. The number of piperidine rings is 1. The lowest BCUT2D eigenvalue weighted by Gasteiger charge is -2.34. The minimum Gasteiger partial charge on any atom is -0.408 e. The SMILES string of the molecule is CC(C)CCNC(=O)Cn1c(=O)oc2cc(S(=O)(=O)N3C[C@H](C)C[C@H](C)C3)ccc21. The van der Waals surface area contributed by atoms with Crippen molar-refractivity contribution in [1.29, 1.82) is 0 Å². The molecule has 0 bridgehead atoms. The van der Waals surface area contributed by atoms with E-state index >= 15 is 0 Å². The first-order chi connectivity index (χ1) is 14.1. The van der Waals surface area contributed by atoms with Crippen LogP contribution in [-0.2, 0) is 21.4 Å². The largest absolute Gasteiger partial charge is 0.420 e. The predicted molar refractivity (Wildman–Crippen MR) is 115 cm³/mol. The summed E-state index contributed by atoms with van der Waals surface area (Å²) < 4.78 is 34.2. The summed E-state index contributed by atoms with van der Waals surface area (Å²) in [7, 11) is -3.68. The van der Waals surface area contributed by atoms with Gasteiger partial charge in [-0.25, -0.2) is 13.2 Å². The number of fused-ring (bicyclic) bond motifs is 1. The Morgan fingerprint density at radius 1 is 1.23 bits per heavy atom. The zero-order valence-electron chi connectivity index (χ0n) is 18.1. The van der Waals surface area contributed by atoms with Crippen LogP contribution in [-0.4, -0.2) is 42.8 Å². The molecule has 1 N–H and O–H groups in total. The van der Waals surface area contributed by atoms with Gasteiger partial charge in [-0.3, -0.25) is 9.36 Å². The average molecular weight is 438 g/mol. The van der Waals surface area contributed by atoms with Gasteiger partial charge in [-0.15, -0.1) is 0 Å². The van der Waals surface area contributed by atoms with E-state index in [1.807, 2.05) is 13.8 Å². The van der Waals surface area contributed by atoms with E-state index in [1.165, 1.54) is 27.1 Å². The molecule has 9 heteroatoms. The maximum absolute atomic E-state index is 13.1. The summed E-state index contributed by atoms with van der Waals surface area (Å²) in [6.45, 7) is 9.55. The van der Waals surface area contributed by atoms with Crippen molar-refractivity contribution in [3.63, 3.8) is 0 Å². The molecule has 2 aromatic rings. The molecule has 1 aliphatic rings. The Morgan fingerprint density at radius 2 is 1.90 bits per heavy atom. The minimum atomic E-state index is -3.68. The molecule has 1 saturated heterocycles. The van der Waals surface area contributed by atoms with Gasteiger partial charge < -0.3 is 9.73 Å². The smallest absolute Gasteiger partial charge is 0.408 e. The normalized spacial score (nSPS) is 20.7. The first kappa shape index (κ1) is 22.6. The van der Waals surface area contributed by atoms with Crippen molar-refractivity contribution in [3.8, 4) is 0 Å². The van der Waals surface area contributed by atoms with E-state index in [2.05, 4.69) is 19.2 Å². The average Bonchev–Trinajstić information content (AvgIpc) is 2.95. The number of sulfonamides is 1. The molecule has 0 spiro atoms. The van der Waals surface area contributed by atoms with Crippen molar-refractivity contribution < 1.29 is 17.6 Å². The summed E-state index contributed by atoms with van der Waals surface area (Å²) >= 11 is 0. The molecule has 3 rings (SSSR count). The second kappa shape index (κ2) is 8.93. The van der Waals surface area contributed by atoms with E-state index in [0.717, 1.165) is 12.8 Å². The van der Waals surface area contributed by atoms with Crippen LogP contribution in [0, 0.1) is 17.8 Å². The van der Waals surface area contributed by atoms with E-state index in [0.29, 0.717) is 42.9 Å². The molecular weight excluding hydrogens is 406 g/mol. The Balaban J connectivity index is 1.82. The molecule has 1 fully saturated rings. The first-order valence-electron chi connectivity index (χ1n) is 10.5. The van der Waals surface area contributed by atoms with Gasteiger partial charge in [-0.2, -0.15) is 4.31 Å². The molecule has 1 amide bonds. The van der Waals surface area contributed by atoms with Gasteiger partial charge >= 0.3 is 5.76 Å². The highest BCUT2D eigenvalue weighted by atomic mass is 32.2. The highest BCUT2D eigenvalue weighted by Crippen LogP contribution is 2.28. The summed E-state index contributed by atoms with van der Waals surface area (Å²) in [6, 6.07) is 4.39. The summed E-state index contributed by atoms with van der Waals surface area (Å²) in [5, 5.41) is 2.79. The first-order valence-corrected chi connectivity index (χ1v) is 11.9. The topological polar surface area (TPSA) is 102 Å². The second-order valence-corrected chi connectivity index (χ2v) is 10.8. The maximum atomic E-state index is 13.1. The van der Waals surface area contributed by atoms with Gasteiger partial charge in [0.15, 0.2) is 5.58 Å². The van der Waals surface area contributed by atoms with Crippen molar-refractivity contribution in [2.24, 2.45) is 17.8 Å². The van der Waals surface area contributed by atoms with E-state index in [1.54, 1.807) is 0 Å². The quantitative estimate of drug-likeness (QED) is 0.717. The molecule has 0 aliphatic carbocycles. The molecule has 0 saturated carbocycles.